The lowest BCUT2D eigenvalue weighted by atomic mass is 10.2. The molecule has 3 rings (SSSR count). The van der Waals surface area contributed by atoms with Crippen molar-refractivity contribution in [1.82, 2.24) is 10.2 Å². The van der Waals surface area contributed by atoms with Crippen molar-refractivity contribution in [3.63, 3.8) is 0 Å². The molecule has 6 nitrogen and oxygen atoms in total. The molecule has 0 radical (unpaired) electrons. The van der Waals surface area contributed by atoms with E-state index in [1.807, 2.05) is 31.2 Å². The number of ether oxygens (including phenoxy) is 2. The van der Waals surface area contributed by atoms with Crippen LogP contribution in [0.3, 0.4) is 0 Å². The highest BCUT2D eigenvalue weighted by Crippen LogP contribution is 2.30. The first kappa shape index (κ1) is 20.4. The summed E-state index contributed by atoms with van der Waals surface area (Å²) >= 11 is 9.07. The lowest BCUT2D eigenvalue weighted by Crippen LogP contribution is -2.12. The summed E-state index contributed by atoms with van der Waals surface area (Å²) in [6, 6.07) is 12.5. The van der Waals surface area contributed by atoms with Crippen molar-refractivity contribution in [3.05, 3.63) is 58.6 Å². The Morgan fingerprint density at radius 2 is 2.04 bits per heavy atom. The molecule has 0 saturated heterocycles. The van der Waals surface area contributed by atoms with Crippen molar-refractivity contribution < 1.29 is 14.3 Å². The van der Waals surface area contributed by atoms with Gasteiger partial charge in [-0.15, -0.1) is 10.2 Å². The second kappa shape index (κ2) is 9.77. The zero-order chi connectivity index (χ0) is 19.9. The minimum absolute atomic E-state index is 0.292. The van der Waals surface area contributed by atoms with Crippen molar-refractivity contribution in [2.75, 3.05) is 18.2 Å². The largest absolute Gasteiger partial charge is 0.493 e. The Kier molecular flexibility index (Phi) is 7.13. The van der Waals surface area contributed by atoms with Gasteiger partial charge in [0, 0.05) is 16.1 Å². The minimum Gasteiger partial charge on any atom is -0.493 e. The Morgan fingerprint density at radius 1 is 1.21 bits per heavy atom. The van der Waals surface area contributed by atoms with Crippen LogP contribution >= 0.6 is 34.7 Å². The number of rotatable bonds is 8. The van der Waals surface area contributed by atoms with Crippen LogP contribution in [0.25, 0.3) is 0 Å². The first-order valence-corrected chi connectivity index (χ1v) is 10.6. The molecule has 9 heteroatoms. The Balaban J connectivity index is 1.69. The first-order valence-electron chi connectivity index (χ1n) is 8.42. The van der Waals surface area contributed by atoms with Crippen LogP contribution in [0.2, 0.25) is 5.02 Å². The molecule has 0 unspecified atom stereocenters. The van der Waals surface area contributed by atoms with E-state index in [-0.39, 0.29) is 5.91 Å². The van der Waals surface area contributed by atoms with Gasteiger partial charge in [-0.1, -0.05) is 59.8 Å². The highest BCUT2D eigenvalue weighted by Gasteiger charge is 2.14. The molecule has 0 aliphatic rings. The molecule has 1 heterocycles. The van der Waals surface area contributed by atoms with E-state index < -0.39 is 0 Å². The number of aromatic nitrogens is 2. The standard InChI is InChI=1S/C19H18ClN3O3S2/c1-3-27-19-23-22-18(28-19)21-17(24)12-8-9-15(16(10-12)25-2)26-11-13-6-4-5-7-14(13)20/h4-10H,3,11H2,1-2H3,(H,21,22,24). The number of hydrogen-bond acceptors (Lipinski definition) is 7. The summed E-state index contributed by atoms with van der Waals surface area (Å²) in [4.78, 5) is 12.5. The first-order chi connectivity index (χ1) is 13.6. The molecule has 28 heavy (non-hydrogen) atoms. The second-order valence-electron chi connectivity index (χ2n) is 5.51. The van der Waals surface area contributed by atoms with Crippen LogP contribution in [0, 0.1) is 0 Å². The smallest absolute Gasteiger partial charge is 0.257 e. The summed E-state index contributed by atoms with van der Waals surface area (Å²) < 4.78 is 12.0. The van der Waals surface area contributed by atoms with Gasteiger partial charge in [0.25, 0.3) is 5.91 Å². The molecule has 1 aromatic heterocycles. The number of carbonyl (C=O) groups is 1. The summed E-state index contributed by atoms with van der Waals surface area (Å²) in [7, 11) is 1.53. The number of halogens is 1. The summed E-state index contributed by atoms with van der Waals surface area (Å²) in [6.45, 7) is 2.33. The van der Waals surface area contributed by atoms with Crippen LogP contribution in [-0.2, 0) is 6.61 Å². The fourth-order valence-corrected chi connectivity index (χ4v) is 4.14. The number of hydrogen-bond donors (Lipinski definition) is 1. The third-order valence-corrected chi connectivity index (χ3v) is 5.88. The van der Waals surface area contributed by atoms with E-state index in [0.29, 0.717) is 33.8 Å². The summed E-state index contributed by atoms with van der Waals surface area (Å²) in [6.07, 6.45) is 0. The number of amides is 1. The zero-order valence-electron chi connectivity index (χ0n) is 15.3. The predicted octanol–water partition coefficient (Wildman–Crippen LogP) is 5.14. The third kappa shape index (κ3) is 5.15. The average molecular weight is 436 g/mol. The van der Waals surface area contributed by atoms with Gasteiger partial charge >= 0.3 is 0 Å². The van der Waals surface area contributed by atoms with Gasteiger partial charge in [-0.25, -0.2) is 0 Å². The van der Waals surface area contributed by atoms with Gasteiger partial charge in [-0.3, -0.25) is 10.1 Å². The van der Waals surface area contributed by atoms with Gasteiger partial charge < -0.3 is 9.47 Å². The Bertz CT molecular complexity index is 965. The Morgan fingerprint density at radius 3 is 2.79 bits per heavy atom. The SMILES string of the molecule is CCSc1nnc(NC(=O)c2ccc(OCc3ccccc3Cl)c(OC)c2)s1. The molecule has 0 spiro atoms. The summed E-state index contributed by atoms with van der Waals surface area (Å²) in [5, 5.41) is 11.8. The Labute approximate surface area is 176 Å². The maximum atomic E-state index is 12.5. The average Bonchev–Trinajstić information content (AvgIpc) is 3.14. The van der Waals surface area contributed by atoms with Gasteiger partial charge in [0.2, 0.25) is 5.13 Å². The number of benzene rings is 2. The van der Waals surface area contributed by atoms with E-state index >= 15 is 0 Å². The maximum absolute atomic E-state index is 12.5. The van der Waals surface area contributed by atoms with Crippen molar-refractivity contribution in [2.24, 2.45) is 0 Å². The van der Waals surface area contributed by atoms with Crippen molar-refractivity contribution in [3.8, 4) is 11.5 Å². The van der Waals surface area contributed by atoms with Crippen LogP contribution in [0.15, 0.2) is 46.8 Å². The molecular formula is C19H18ClN3O3S2. The molecule has 2 aromatic carbocycles. The van der Waals surface area contributed by atoms with Crippen LogP contribution < -0.4 is 14.8 Å². The summed E-state index contributed by atoms with van der Waals surface area (Å²) in [5.74, 6) is 1.59. The van der Waals surface area contributed by atoms with Gasteiger partial charge in [0.05, 0.1) is 7.11 Å². The third-order valence-electron chi connectivity index (χ3n) is 3.66. The second-order valence-corrected chi connectivity index (χ2v) is 8.40. The van der Waals surface area contributed by atoms with Crippen LogP contribution in [0.5, 0.6) is 11.5 Å². The van der Waals surface area contributed by atoms with Gasteiger partial charge in [0.1, 0.15) is 6.61 Å². The van der Waals surface area contributed by atoms with E-state index in [0.717, 1.165) is 15.7 Å². The van der Waals surface area contributed by atoms with E-state index in [4.69, 9.17) is 21.1 Å². The van der Waals surface area contributed by atoms with E-state index in [9.17, 15) is 4.79 Å². The van der Waals surface area contributed by atoms with Crippen molar-refractivity contribution in [2.45, 2.75) is 17.9 Å². The summed E-state index contributed by atoms with van der Waals surface area (Å²) in [5.41, 5.74) is 1.30. The van der Waals surface area contributed by atoms with E-state index in [1.54, 1.807) is 30.0 Å². The number of anilines is 1. The maximum Gasteiger partial charge on any atom is 0.257 e. The highest BCUT2D eigenvalue weighted by molar-refractivity contribution is 8.01. The molecule has 0 aliphatic heterocycles. The predicted molar refractivity (Wildman–Crippen MR) is 113 cm³/mol. The zero-order valence-corrected chi connectivity index (χ0v) is 17.7. The van der Waals surface area contributed by atoms with E-state index in [1.165, 1.54) is 18.4 Å². The topological polar surface area (TPSA) is 73.3 Å². The molecule has 1 N–H and O–H groups in total. The highest BCUT2D eigenvalue weighted by atomic mass is 35.5. The minimum atomic E-state index is -0.292. The molecule has 0 saturated carbocycles. The lowest BCUT2D eigenvalue weighted by Gasteiger charge is -2.12. The molecule has 3 aromatic rings. The van der Waals surface area contributed by atoms with Gasteiger partial charge in [-0.05, 0) is 30.0 Å². The quantitative estimate of drug-likeness (QED) is 0.390. The number of nitrogens with zero attached hydrogens (tertiary/aromatic N) is 2. The number of thioether (sulfide) groups is 1. The number of nitrogens with one attached hydrogen (secondary N) is 1. The van der Waals surface area contributed by atoms with Crippen molar-refractivity contribution >= 4 is 45.7 Å². The molecule has 0 bridgehead atoms. The van der Waals surface area contributed by atoms with E-state index in [2.05, 4.69) is 15.5 Å². The fraction of sp³-hybridized carbons (Fsp3) is 0.211. The van der Waals surface area contributed by atoms with Crippen molar-refractivity contribution in [1.29, 1.82) is 0 Å². The molecule has 146 valence electrons. The molecule has 0 atom stereocenters. The number of methoxy groups -OCH3 is 1. The van der Waals surface area contributed by atoms with Crippen LogP contribution in [-0.4, -0.2) is 29.0 Å². The molecule has 1 amide bonds. The van der Waals surface area contributed by atoms with Gasteiger partial charge in [0.15, 0.2) is 15.8 Å². The fourth-order valence-electron chi connectivity index (χ4n) is 2.31. The Hall–Kier alpha value is -2.29. The lowest BCUT2D eigenvalue weighted by molar-refractivity contribution is 0.102. The number of carbonyl (C=O) groups excluding carboxylic acids is 1. The molecule has 0 fully saturated rings. The van der Waals surface area contributed by atoms with Crippen LogP contribution in [0.1, 0.15) is 22.8 Å². The van der Waals surface area contributed by atoms with Crippen LogP contribution in [0.4, 0.5) is 5.13 Å². The molecular weight excluding hydrogens is 418 g/mol. The van der Waals surface area contributed by atoms with Gasteiger partial charge in [-0.2, -0.15) is 0 Å². The molecule has 0 aliphatic carbocycles. The monoisotopic (exact) mass is 435 g/mol. The normalized spacial score (nSPS) is 10.5.